The molecule has 4 heteroatoms. The summed E-state index contributed by atoms with van der Waals surface area (Å²) in [6, 6.07) is 7.17. The number of halogens is 1. The highest BCUT2D eigenvalue weighted by atomic mass is 35.5. The Morgan fingerprint density at radius 3 is 2.79 bits per heavy atom. The van der Waals surface area contributed by atoms with Gasteiger partial charge in [0.05, 0.1) is 6.10 Å². The van der Waals surface area contributed by atoms with E-state index in [4.69, 9.17) is 16.3 Å². The number of ketones is 1. The van der Waals surface area contributed by atoms with Gasteiger partial charge in [0.15, 0.2) is 5.78 Å². The van der Waals surface area contributed by atoms with Crippen molar-refractivity contribution in [2.45, 2.75) is 25.4 Å². The monoisotopic (exact) mass is 281 g/mol. The molecule has 19 heavy (non-hydrogen) atoms. The summed E-state index contributed by atoms with van der Waals surface area (Å²) < 4.78 is 5.34. The van der Waals surface area contributed by atoms with Crippen molar-refractivity contribution in [3.63, 3.8) is 0 Å². The number of hydrogen-bond donors (Lipinski definition) is 0. The second-order valence-corrected chi connectivity index (χ2v) is 5.40. The Labute approximate surface area is 119 Å². The van der Waals surface area contributed by atoms with Gasteiger partial charge in [0.25, 0.3) is 0 Å². The number of carbonyl (C=O) groups excluding carboxylic acids is 1. The van der Waals surface area contributed by atoms with E-state index in [2.05, 4.69) is 4.90 Å². The van der Waals surface area contributed by atoms with E-state index in [1.807, 2.05) is 12.1 Å². The van der Waals surface area contributed by atoms with Crippen molar-refractivity contribution in [3.05, 3.63) is 34.9 Å². The Hall–Kier alpha value is -0.900. The molecule has 0 aliphatic carbocycles. The van der Waals surface area contributed by atoms with Crippen LogP contribution in [0.3, 0.4) is 0 Å². The molecule has 0 amide bonds. The van der Waals surface area contributed by atoms with Gasteiger partial charge in [-0.15, -0.1) is 0 Å². The lowest BCUT2D eigenvalue weighted by molar-refractivity contribution is 0.0406. The van der Waals surface area contributed by atoms with Crippen LogP contribution in [-0.2, 0) is 4.74 Å². The molecule has 0 aromatic heterocycles. The minimum atomic E-state index is 0.163. The molecule has 1 aromatic carbocycles. The van der Waals surface area contributed by atoms with Crippen molar-refractivity contribution in [2.75, 3.05) is 26.7 Å². The fourth-order valence-electron chi connectivity index (χ4n) is 2.43. The number of hydrogen-bond acceptors (Lipinski definition) is 3. The molecule has 3 nitrogen and oxygen atoms in total. The van der Waals surface area contributed by atoms with E-state index in [-0.39, 0.29) is 5.78 Å². The van der Waals surface area contributed by atoms with Crippen LogP contribution in [-0.4, -0.2) is 43.5 Å². The van der Waals surface area contributed by atoms with Crippen molar-refractivity contribution in [3.8, 4) is 0 Å². The first-order valence-corrected chi connectivity index (χ1v) is 7.11. The van der Waals surface area contributed by atoms with Gasteiger partial charge in [0, 0.05) is 43.8 Å². The maximum atomic E-state index is 12.1. The number of rotatable bonds is 5. The molecule has 1 aliphatic rings. The number of nitrogens with zero attached hydrogens (tertiary/aromatic N) is 1. The summed E-state index contributed by atoms with van der Waals surface area (Å²) in [6.45, 7) is 2.85. The van der Waals surface area contributed by atoms with E-state index in [1.54, 1.807) is 19.2 Å². The Morgan fingerprint density at radius 1 is 1.42 bits per heavy atom. The number of ether oxygens (including phenoxy) is 1. The molecular formula is C15H20ClNO2. The number of methoxy groups -OCH3 is 1. The molecule has 1 aliphatic heterocycles. The van der Waals surface area contributed by atoms with Gasteiger partial charge in [0.1, 0.15) is 0 Å². The molecule has 104 valence electrons. The lowest BCUT2D eigenvalue weighted by Crippen LogP contribution is -2.37. The highest BCUT2D eigenvalue weighted by Crippen LogP contribution is 2.15. The number of benzene rings is 1. The molecule has 0 atom stereocenters. The van der Waals surface area contributed by atoms with Gasteiger partial charge in [0.2, 0.25) is 0 Å². The van der Waals surface area contributed by atoms with Crippen molar-refractivity contribution in [1.82, 2.24) is 4.90 Å². The highest BCUT2D eigenvalue weighted by molar-refractivity contribution is 6.31. The van der Waals surface area contributed by atoms with E-state index in [1.165, 1.54) is 0 Å². The molecule has 0 spiro atoms. The molecule has 0 N–H and O–H groups in total. The SMILES string of the molecule is COC1CCN(CCC(=O)c2cccc(Cl)c2)CC1. The first-order valence-electron chi connectivity index (χ1n) is 6.73. The summed E-state index contributed by atoms with van der Waals surface area (Å²) in [5, 5.41) is 0.617. The molecule has 1 saturated heterocycles. The average molecular weight is 282 g/mol. The Balaban J connectivity index is 1.78. The Bertz CT molecular complexity index is 428. The largest absolute Gasteiger partial charge is 0.381 e. The zero-order valence-corrected chi connectivity index (χ0v) is 12.0. The van der Waals surface area contributed by atoms with Gasteiger partial charge in [-0.1, -0.05) is 23.7 Å². The van der Waals surface area contributed by atoms with Crippen molar-refractivity contribution >= 4 is 17.4 Å². The molecule has 0 saturated carbocycles. The third-order valence-electron chi connectivity index (χ3n) is 3.67. The van der Waals surface area contributed by atoms with E-state index in [9.17, 15) is 4.79 Å². The second kappa shape index (κ2) is 7.04. The normalized spacial score (nSPS) is 17.6. The first kappa shape index (κ1) is 14.5. The molecular weight excluding hydrogens is 262 g/mol. The lowest BCUT2D eigenvalue weighted by Gasteiger charge is -2.30. The molecule has 0 unspecified atom stereocenters. The second-order valence-electron chi connectivity index (χ2n) is 4.96. The van der Waals surface area contributed by atoms with Crippen LogP contribution in [0.1, 0.15) is 29.6 Å². The summed E-state index contributed by atoms with van der Waals surface area (Å²) >= 11 is 5.89. The minimum Gasteiger partial charge on any atom is -0.381 e. The molecule has 0 bridgehead atoms. The van der Waals surface area contributed by atoms with Gasteiger partial charge in [-0.2, -0.15) is 0 Å². The van der Waals surface area contributed by atoms with E-state index < -0.39 is 0 Å². The minimum absolute atomic E-state index is 0.163. The molecule has 2 rings (SSSR count). The predicted molar refractivity (Wildman–Crippen MR) is 76.9 cm³/mol. The Morgan fingerprint density at radius 2 is 2.16 bits per heavy atom. The van der Waals surface area contributed by atoms with Gasteiger partial charge in [-0.05, 0) is 25.0 Å². The van der Waals surface area contributed by atoms with Crippen LogP contribution in [0.5, 0.6) is 0 Å². The highest BCUT2D eigenvalue weighted by Gasteiger charge is 2.19. The molecule has 0 radical (unpaired) electrons. The van der Waals surface area contributed by atoms with Crippen LogP contribution in [0.4, 0.5) is 0 Å². The summed E-state index contributed by atoms with van der Waals surface area (Å²) in [5.41, 5.74) is 0.708. The maximum absolute atomic E-state index is 12.1. The van der Waals surface area contributed by atoms with E-state index in [0.717, 1.165) is 32.5 Å². The molecule has 1 aromatic rings. The fourth-order valence-corrected chi connectivity index (χ4v) is 2.62. The van der Waals surface area contributed by atoms with Crippen molar-refractivity contribution in [1.29, 1.82) is 0 Å². The van der Waals surface area contributed by atoms with Crippen LogP contribution in [0.15, 0.2) is 24.3 Å². The number of piperidine rings is 1. The maximum Gasteiger partial charge on any atom is 0.164 e. The first-order chi connectivity index (χ1) is 9.19. The standard InChI is InChI=1S/C15H20ClNO2/c1-19-14-5-8-17(9-6-14)10-7-15(18)12-3-2-4-13(16)11-12/h2-4,11,14H,5-10H2,1H3. The summed E-state index contributed by atoms with van der Waals surface area (Å²) in [4.78, 5) is 14.4. The lowest BCUT2D eigenvalue weighted by atomic mass is 10.1. The van der Waals surface area contributed by atoms with Crippen LogP contribution in [0.25, 0.3) is 0 Å². The summed E-state index contributed by atoms with van der Waals surface area (Å²) in [7, 11) is 1.77. The number of Topliss-reactive ketones (excluding diaryl/α,β-unsaturated/α-hetero) is 1. The number of carbonyl (C=O) groups is 1. The zero-order valence-electron chi connectivity index (χ0n) is 11.3. The predicted octanol–water partition coefficient (Wildman–Crippen LogP) is 3.02. The summed E-state index contributed by atoms with van der Waals surface area (Å²) in [6.07, 6.45) is 3.06. The molecule has 1 heterocycles. The Kier molecular flexibility index (Phi) is 5.37. The zero-order chi connectivity index (χ0) is 13.7. The topological polar surface area (TPSA) is 29.5 Å². The number of likely N-dealkylation sites (tertiary alicyclic amines) is 1. The smallest absolute Gasteiger partial charge is 0.164 e. The quantitative estimate of drug-likeness (QED) is 0.777. The van der Waals surface area contributed by atoms with Gasteiger partial charge >= 0.3 is 0 Å². The molecule has 1 fully saturated rings. The van der Waals surface area contributed by atoms with Crippen molar-refractivity contribution < 1.29 is 9.53 Å². The van der Waals surface area contributed by atoms with E-state index in [0.29, 0.717) is 23.1 Å². The van der Waals surface area contributed by atoms with Crippen molar-refractivity contribution in [2.24, 2.45) is 0 Å². The fraction of sp³-hybridized carbons (Fsp3) is 0.533. The van der Waals surface area contributed by atoms with E-state index >= 15 is 0 Å². The van der Waals surface area contributed by atoms with Gasteiger partial charge in [-0.3, -0.25) is 4.79 Å². The van der Waals surface area contributed by atoms with Crippen LogP contribution >= 0.6 is 11.6 Å². The third-order valence-corrected chi connectivity index (χ3v) is 3.90. The van der Waals surface area contributed by atoms with Crippen LogP contribution < -0.4 is 0 Å². The van der Waals surface area contributed by atoms with Crippen LogP contribution in [0, 0.1) is 0 Å². The average Bonchev–Trinajstić information content (AvgIpc) is 2.45. The van der Waals surface area contributed by atoms with Gasteiger partial charge < -0.3 is 9.64 Å². The van der Waals surface area contributed by atoms with Crippen LogP contribution in [0.2, 0.25) is 5.02 Å². The third kappa shape index (κ3) is 4.30. The summed E-state index contributed by atoms with van der Waals surface area (Å²) in [5.74, 6) is 0.163. The van der Waals surface area contributed by atoms with Gasteiger partial charge in [-0.25, -0.2) is 0 Å².